The number of nitrogens with one attached hydrogen (secondary N) is 2. The second kappa shape index (κ2) is 4.78. The maximum Gasteiger partial charge on any atom is 0.332 e. The summed E-state index contributed by atoms with van der Waals surface area (Å²) < 4.78 is 0. The predicted octanol–water partition coefficient (Wildman–Crippen LogP) is -1.27. The monoisotopic (exact) mass is 188 g/mol. The average Bonchev–Trinajstić information content (AvgIpc) is 2.55. The van der Waals surface area contributed by atoms with Crippen LogP contribution in [0.1, 0.15) is 6.42 Å². The Balaban J connectivity index is 2.13. The normalized spacial score (nSPS) is 21.4. The van der Waals surface area contributed by atoms with Crippen molar-refractivity contribution < 1.29 is 19.5 Å². The van der Waals surface area contributed by atoms with E-state index in [2.05, 4.69) is 15.6 Å². The molecule has 1 heterocycles. The zero-order chi connectivity index (χ0) is 9.68. The number of aliphatic carboxylic acids is 1. The number of hydrogen-bond donors (Lipinski definition) is 3. The van der Waals surface area contributed by atoms with Gasteiger partial charge in [-0.1, -0.05) is 0 Å². The third-order valence-electron chi connectivity index (χ3n) is 1.80. The number of carboxylic acid groups (broad SMARTS) is 1. The van der Waals surface area contributed by atoms with Crippen LogP contribution in [-0.2, 0) is 14.4 Å². The van der Waals surface area contributed by atoms with Crippen LogP contribution in [0.4, 0.5) is 0 Å². The van der Waals surface area contributed by atoms with E-state index in [1.54, 1.807) is 0 Å². The van der Waals surface area contributed by atoms with Crippen LogP contribution in [0.2, 0.25) is 0 Å². The van der Waals surface area contributed by atoms with Crippen molar-refractivity contribution in [3.05, 3.63) is 0 Å². The Bertz CT molecular complexity index is 201. The molecular weight excluding hydrogens is 176 g/mol. The minimum Gasteiger partial charge on any atom is -0.479 e. The van der Waals surface area contributed by atoms with Gasteiger partial charge in [-0.15, -0.1) is 0 Å². The molecule has 3 N–H and O–H groups in total. The van der Waals surface area contributed by atoms with Gasteiger partial charge in [0.2, 0.25) is 5.91 Å². The molecule has 0 aromatic heterocycles. The molecule has 1 saturated heterocycles. The van der Waals surface area contributed by atoms with E-state index in [0.717, 1.165) is 13.0 Å². The lowest BCUT2D eigenvalue weighted by molar-refractivity contribution is -0.150. The lowest BCUT2D eigenvalue weighted by atomic mass is 10.1. The molecule has 0 spiro atoms. The van der Waals surface area contributed by atoms with Gasteiger partial charge in [-0.05, 0) is 13.0 Å². The van der Waals surface area contributed by atoms with Crippen molar-refractivity contribution >= 4 is 11.9 Å². The quantitative estimate of drug-likeness (QED) is 0.479. The fourth-order valence-corrected chi connectivity index (χ4v) is 1.13. The first kappa shape index (κ1) is 9.94. The van der Waals surface area contributed by atoms with E-state index in [-0.39, 0.29) is 11.8 Å². The molecule has 1 amide bonds. The second-order valence-corrected chi connectivity index (χ2v) is 2.84. The van der Waals surface area contributed by atoms with Crippen LogP contribution >= 0.6 is 0 Å². The Morgan fingerprint density at radius 2 is 2.38 bits per heavy atom. The number of rotatable bonds is 4. The maximum absolute atomic E-state index is 11.2. The van der Waals surface area contributed by atoms with E-state index in [1.165, 1.54) is 0 Å². The molecule has 74 valence electrons. The average molecular weight is 188 g/mol. The Hall–Kier alpha value is -1.14. The molecule has 13 heavy (non-hydrogen) atoms. The van der Waals surface area contributed by atoms with Crippen LogP contribution in [0.3, 0.4) is 0 Å². The fraction of sp³-hybridized carbons (Fsp3) is 0.714. The van der Waals surface area contributed by atoms with Gasteiger partial charge in [0.15, 0.2) is 6.61 Å². The highest BCUT2D eigenvalue weighted by Crippen LogP contribution is 2.06. The standard InChI is InChI=1S/C7H12N2O4/c10-6(11)4-13-9-7(12)5-1-2-8-3-5/h5,8H,1-4H2,(H,9,12)(H,10,11). The third kappa shape index (κ3) is 3.39. The zero-order valence-corrected chi connectivity index (χ0v) is 7.08. The number of carbonyl (C=O) groups is 2. The fourth-order valence-electron chi connectivity index (χ4n) is 1.13. The third-order valence-corrected chi connectivity index (χ3v) is 1.80. The summed E-state index contributed by atoms with van der Waals surface area (Å²) in [6, 6.07) is 0. The Labute approximate surface area is 75.2 Å². The van der Waals surface area contributed by atoms with Crippen LogP contribution < -0.4 is 10.8 Å². The highest BCUT2D eigenvalue weighted by atomic mass is 16.7. The smallest absolute Gasteiger partial charge is 0.332 e. The van der Waals surface area contributed by atoms with Gasteiger partial charge in [-0.25, -0.2) is 10.3 Å². The van der Waals surface area contributed by atoms with Crippen molar-refractivity contribution in [3.63, 3.8) is 0 Å². The van der Waals surface area contributed by atoms with Crippen molar-refractivity contribution in [2.24, 2.45) is 5.92 Å². The molecule has 0 aromatic rings. The Kier molecular flexibility index (Phi) is 3.66. The van der Waals surface area contributed by atoms with Crippen molar-refractivity contribution in [1.29, 1.82) is 0 Å². The number of hydrogen-bond acceptors (Lipinski definition) is 4. The van der Waals surface area contributed by atoms with Gasteiger partial charge in [0.25, 0.3) is 0 Å². The minimum absolute atomic E-state index is 0.103. The lowest BCUT2D eigenvalue weighted by Gasteiger charge is -2.07. The van der Waals surface area contributed by atoms with E-state index in [4.69, 9.17) is 5.11 Å². The van der Waals surface area contributed by atoms with Crippen LogP contribution in [0.5, 0.6) is 0 Å². The molecule has 6 nitrogen and oxygen atoms in total. The SMILES string of the molecule is O=C(O)CONC(=O)C1CCNC1. The summed E-state index contributed by atoms with van der Waals surface area (Å²) in [5, 5.41) is 11.2. The first-order valence-corrected chi connectivity index (χ1v) is 4.04. The van der Waals surface area contributed by atoms with Crippen molar-refractivity contribution in [3.8, 4) is 0 Å². The van der Waals surface area contributed by atoms with E-state index in [1.807, 2.05) is 0 Å². The topological polar surface area (TPSA) is 87.7 Å². The van der Waals surface area contributed by atoms with Gasteiger partial charge in [0.05, 0.1) is 5.92 Å². The molecule has 0 aliphatic carbocycles. The summed E-state index contributed by atoms with van der Waals surface area (Å²) in [6.45, 7) is 0.936. The summed E-state index contributed by atoms with van der Waals surface area (Å²) in [5.41, 5.74) is 2.10. The highest BCUT2D eigenvalue weighted by Gasteiger charge is 2.22. The van der Waals surface area contributed by atoms with Crippen molar-refractivity contribution in [2.75, 3.05) is 19.7 Å². The van der Waals surface area contributed by atoms with Gasteiger partial charge in [-0.2, -0.15) is 0 Å². The molecule has 0 radical (unpaired) electrons. The van der Waals surface area contributed by atoms with Crippen LogP contribution in [0.25, 0.3) is 0 Å². The van der Waals surface area contributed by atoms with Crippen LogP contribution in [-0.4, -0.2) is 36.7 Å². The number of amides is 1. The Morgan fingerprint density at radius 1 is 1.62 bits per heavy atom. The van der Waals surface area contributed by atoms with E-state index in [0.29, 0.717) is 6.54 Å². The summed E-state index contributed by atoms with van der Waals surface area (Å²) in [5.74, 6) is -1.47. The largest absolute Gasteiger partial charge is 0.479 e. The molecule has 1 aliphatic rings. The van der Waals surface area contributed by atoms with Gasteiger partial charge in [0, 0.05) is 6.54 Å². The molecule has 1 fully saturated rings. The summed E-state index contributed by atoms with van der Waals surface area (Å²) in [4.78, 5) is 25.6. The van der Waals surface area contributed by atoms with Gasteiger partial charge in [-0.3, -0.25) is 9.63 Å². The number of hydroxylamine groups is 1. The molecule has 0 saturated carbocycles. The first-order chi connectivity index (χ1) is 6.20. The van der Waals surface area contributed by atoms with Crippen LogP contribution in [0.15, 0.2) is 0 Å². The summed E-state index contributed by atoms with van der Waals surface area (Å²) in [6.07, 6.45) is 0.766. The van der Waals surface area contributed by atoms with Crippen molar-refractivity contribution in [1.82, 2.24) is 10.8 Å². The molecule has 1 aliphatic heterocycles. The molecule has 0 aromatic carbocycles. The minimum atomic E-state index is -1.11. The summed E-state index contributed by atoms with van der Waals surface area (Å²) in [7, 11) is 0. The maximum atomic E-state index is 11.2. The lowest BCUT2D eigenvalue weighted by Crippen LogP contribution is -2.33. The highest BCUT2D eigenvalue weighted by molar-refractivity contribution is 5.78. The van der Waals surface area contributed by atoms with Crippen LogP contribution in [0, 0.1) is 5.92 Å². The number of carbonyl (C=O) groups excluding carboxylic acids is 1. The van der Waals surface area contributed by atoms with E-state index in [9.17, 15) is 9.59 Å². The molecule has 1 atom stereocenters. The molecule has 1 rings (SSSR count). The van der Waals surface area contributed by atoms with E-state index < -0.39 is 12.6 Å². The molecule has 1 unspecified atom stereocenters. The Morgan fingerprint density at radius 3 is 2.92 bits per heavy atom. The first-order valence-electron chi connectivity index (χ1n) is 4.04. The van der Waals surface area contributed by atoms with Gasteiger partial charge in [0.1, 0.15) is 0 Å². The molecule has 6 heteroatoms. The zero-order valence-electron chi connectivity index (χ0n) is 7.08. The van der Waals surface area contributed by atoms with E-state index >= 15 is 0 Å². The number of carboxylic acids is 1. The molecular formula is C7H12N2O4. The second-order valence-electron chi connectivity index (χ2n) is 2.84. The van der Waals surface area contributed by atoms with Crippen molar-refractivity contribution in [2.45, 2.75) is 6.42 Å². The summed E-state index contributed by atoms with van der Waals surface area (Å²) >= 11 is 0. The van der Waals surface area contributed by atoms with Gasteiger partial charge >= 0.3 is 5.97 Å². The predicted molar refractivity (Wildman–Crippen MR) is 42.7 cm³/mol. The molecule has 0 bridgehead atoms. The van der Waals surface area contributed by atoms with Gasteiger partial charge < -0.3 is 10.4 Å².